The number of rotatable bonds is 4. The average Bonchev–Trinajstić information content (AvgIpc) is 2.40. The first-order chi connectivity index (χ1) is 9.13. The lowest BCUT2D eigenvalue weighted by molar-refractivity contribution is 0.625. The summed E-state index contributed by atoms with van der Waals surface area (Å²) in [5, 5.41) is 3.59. The lowest BCUT2D eigenvalue weighted by Gasteiger charge is -2.22. The van der Waals surface area contributed by atoms with Crippen LogP contribution in [0.15, 0.2) is 46.9 Å². The largest absolute Gasteiger partial charge is 0.306 e. The summed E-state index contributed by atoms with van der Waals surface area (Å²) in [7, 11) is 0. The van der Waals surface area contributed by atoms with E-state index in [0.29, 0.717) is 0 Å². The SMILES string of the molecule is CCNC(c1ccccc1C)c1cc(I)ccc1Br. The molecule has 2 rings (SSSR count). The predicted molar refractivity (Wildman–Crippen MR) is 93.6 cm³/mol. The number of hydrogen-bond acceptors (Lipinski definition) is 1. The third-order valence-corrected chi connectivity index (χ3v) is 4.57. The number of hydrogen-bond donors (Lipinski definition) is 1. The Bertz CT molecular complexity index is 568. The standard InChI is InChI=1S/C16H17BrIN/c1-3-19-16(13-7-5-4-6-11(13)2)14-10-12(18)8-9-15(14)17/h4-10,16,19H,3H2,1-2H3. The molecule has 100 valence electrons. The van der Waals surface area contributed by atoms with Gasteiger partial charge in [0.05, 0.1) is 6.04 Å². The molecule has 0 aromatic heterocycles. The van der Waals surface area contributed by atoms with E-state index in [0.717, 1.165) is 11.0 Å². The minimum absolute atomic E-state index is 0.232. The molecular formula is C16H17BrIN. The van der Waals surface area contributed by atoms with Gasteiger partial charge in [-0.15, -0.1) is 0 Å². The molecule has 0 bridgehead atoms. The number of benzene rings is 2. The van der Waals surface area contributed by atoms with Crippen molar-refractivity contribution >= 4 is 38.5 Å². The Hall–Kier alpha value is -0.390. The van der Waals surface area contributed by atoms with Gasteiger partial charge in [-0.25, -0.2) is 0 Å². The summed E-state index contributed by atoms with van der Waals surface area (Å²) in [5.41, 5.74) is 3.95. The molecule has 1 atom stereocenters. The van der Waals surface area contributed by atoms with Gasteiger partial charge in [0.25, 0.3) is 0 Å². The Morgan fingerprint density at radius 1 is 1.16 bits per heavy atom. The zero-order valence-electron chi connectivity index (χ0n) is 11.1. The van der Waals surface area contributed by atoms with Crippen LogP contribution >= 0.6 is 38.5 Å². The maximum Gasteiger partial charge on any atom is 0.0590 e. The van der Waals surface area contributed by atoms with Crippen LogP contribution in [0.25, 0.3) is 0 Å². The van der Waals surface area contributed by atoms with Gasteiger partial charge >= 0.3 is 0 Å². The van der Waals surface area contributed by atoms with Crippen molar-refractivity contribution in [2.45, 2.75) is 19.9 Å². The highest BCUT2D eigenvalue weighted by atomic mass is 127. The normalized spacial score (nSPS) is 12.4. The van der Waals surface area contributed by atoms with Crippen molar-refractivity contribution in [2.24, 2.45) is 0 Å². The fraction of sp³-hybridized carbons (Fsp3) is 0.250. The first kappa shape index (κ1) is 15.0. The molecule has 2 aromatic rings. The van der Waals surface area contributed by atoms with Crippen LogP contribution in [-0.2, 0) is 0 Å². The van der Waals surface area contributed by atoms with Gasteiger partial charge in [0, 0.05) is 8.04 Å². The number of nitrogens with one attached hydrogen (secondary N) is 1. The summed E-state index contributed by atoms with van der Waals surface area (Å²) in [6, 6.07) is 15.3. The minimum atomic E-state index is 0.232. The maximum absolute atomic E-state index is 3.68. The van der Waals surface area contributed by atoms with E-state index in [1.807, 2.05) is 0 Å². The van der Waals surface area contributed by atoms with Crippen molar-refractivity contribution in [3.63, 3.8) is 0 Å². The van der Waals surface area contributed by atoms with Gasteiger partial charge in [0.15, 0.2) is 0 Å². The highest BCUT2D eigenvalue weighted by molar-refractivity contribution is 14.1. The highest BCUT2D eigenvalue weighted by Gasteiger charge is 2.17. The predicted octanol–water partition coefficient (Wildman–Crippen LogP) is 5.06. The molecule has 0 heterocycles. The fourth-order valence-corrected chi connectivity index (χ4v) is 3.23. The highest BCUT2D eigenvalue weighted by Crippen LogP contribution is 2.31. The second kappa shape index (κ2) is 6.86. The van der Waals surface area contributed by atoms with Crippen molar-refractivity contribution in [1.82, 2.24) is 5.32 Å². The van der Waals surface area contributed by atoms with Crippen molar-refractivity contribution in [2.75, 3.05) is 6.54 Å². The number of halogens is 2. The molecule has 0 saturated carbocycles. The van der Waals surface area contributed by atoms with E-state index < -0.39 is 0 Å². The van der Waals surface area contributed by atoms with Gasteiger partial charge in [0.2, 0.25) is 0 Å². The van der Waals surface area contributed by atoms with Crippen molar-refractivity contribution in [3.05, 3.63) is 67.2 Å². The molecule has 0 aliphatic rings. The topological polar surface area (TPSA) is 12.0 Å². The minimum Gasteiger partial charge on any atom is -0.306 e. The first-order valence-electron chi connectivity index (χ1n) is 6.37. The molecule has 1 nitrogen and oxygen atoms in total. The molecule has 0 aliphatic carbocycles. The first-order valence-corrected chi connectivity index (χ1v) is 8.24. The van der Waals surface area contributed by atoms with Crippen molar-refractivity contribution in [1.29, 1.82) is 0 Å². The van der Waals surface area contributed by atoms with Gasteiger partial charge in [-0.2, -0.15) is 0 Å². The van der Waals surface area contributed by atoms with Gasteiger partial charge in [-0.3, -0.25) is 0 Å². The Morgan fingerprint density at radius 3 is 2.58 bits per heavy atom. The van der Waals surface area contributed by atoms with Crippen LogP contribution in [0, 0.1) is 10.5 Å². The van der Waals surface area contributed by atoms with E-state index >= 15 is 0 Å². The lowest BCUT2D eigenvalue weighted by atomic mass is 9.95. The third kappa shape index (κ3) is 3.58. The average molecular weight is 430 g/mol. The van der Waals surface area contributed by atoms with E-state index in [9.17, 15) is 0 Å². The molecular weight excluding hydrogens is 413 g/mol. The van der Waals surface area contributed by atoms with E-state index in [-0.39, 0.29) is 6.04 Å². The van der Waals surface area contributed by atoms with E-state index in [1.165, 1.54) is 20.3 Å². The van der Waals surface area contributed by atoms with Gasteiger partial charge in [0.1, 0.15) is 0 Å². The second-order valence-electron chi connectivity index (χ2n) is 4.51. The third-order valence-electron chi connectivity index (χ3n) is 3.18. The van der Waals surface area contributed by atoms with E-state index in [1.54, 1.807) is 0 Å². The molecule has 1 N–H and O–H groups in total. The molecule has 0 radical (unpaired) electrons. The molecule has 0 saturated heterocycles. The van der Waals surface area contributed by atoms with Crippen LogP contribution in [0.4, 0.5) is 0 Å². The zero-order chi connectivity index (χ0) is 13.8. The quantitative estimate of drug-likeness (QED) is 0.669. The van der Waals surface area contributed by atoms with Gasteiger partial charge < -0.3 is 5.32 Å². The maximum atomic E-state index is 3.68. The second-order valence-corrected chi connectivity index (χ2v) is 6.61. The van der Waals surface area contributed by atoms with Crippen LogP contribution < -0.4 is 5.32 Å². The number of aryl methyl sites for hydroxylation is 1. The Labute approximate surface area is 137 Å². The summed E-state index contributed by atoms with van der Waals surface area (Å²) >= 11 is 6.04. The van der Waals surface area contributed by atoms with Gasteiger partial charge in [-0.1, -0.05) is 47.1 Å². The fourth-order valence-electron chi connectivity index (χ4n) is 2.24. The monoisotopic (exact) mass is 429 g/mol. The molecule has 0 aliphatic heterocycles. The zero-order valence-corrected chi connectivity index (χ0v) is 14.8. The smallest absolute Gasteiger partial charge is 0.0590 e. The van der Waals surface area contributed by atoms with E-state index in [2.05, 4.69) is 100 Å². The Kier molecular flexibility index (Phi) is 5.42. The summed E-state index contributed by atoms with van der Waals surface area (Å²) in [5.74, 6) is 0. The molecule has 3 heteroatoms. The molecule has 1 unspecified atom stereocenters. The van der Waals surface area contributed by atoms with Crippen LogP contribution in [0.2, 0.25) is 0 Å². The molecule has 0 fully saturated rings. The van der Waals surface area contributed by atoms with E-state index in [4.69, 9.17) is 0 Å². The molecule has 2 aromatic carbocycles. The lowest BCUT2D eigenvalue weighted by Crippen LogP contribution is -2.23. The molecule has 0 spiro atoms. The van der Waals surface area contributed by atoms with Crippen molar-refractivity contribution < 1.29 is 0 Å². The molecule has 0 amide bonds. The summed E-state index contributed by atoms with van der Waals surface area (Å²) in [4.78, 5) is 0. The van der Waals surface area contributed by atoms with Crippen LogP contribution in [-0.4, -0.2) is 6.54 Å². The summed E-state index contributed by atoms with van der Waals surface area (Å²) < 4.78 is 2.41. The summed E-state index contributed by atoms with van der Waals surface area (Å²) in [6.07, 6.45) is 0. The van der Waals surface area contributed by atoms with Gasteiger partial charge in [-0.05, 0) is 70.9 Å². The van der Waals surface area contributed by atoms with Crippen LogP contribution in [0.5, 0.6) is 0 Å². The van der Waals surface area contributed by atoms with Crippen LogP contribution in [0.1, 0.15) is 29.7 Å². The Balaban J connectivity index is 2.51. The van der Waals surface area contributed by atoms with Crippen molar-refractivity contribution in [3.8, 4) is 0 Å². The summed E-state index contributed by atoms with van der Waals surface area (Å²) in [6.45, 7) is 5.26. The molecule has 19 heavy (non-hydrogen) atoms. The Morgan fingerprint density at radius 2 is 1.89 bits per heavy atom. The van der Waals surface area contributed by atoms with Crippen LogP contribution in [0.3, 0.4) is 0 Å².